The van der Waals surface area contributed by atoms with E-state index in [2.05, 4.69) is 4.98 Å². The van der Waals surface area contributed by atoms with E-state index in [-0.39, 0.29) is 11.6 Å². The van der Waals surface area contributed by atoms with Gasteiger partial charge in [0.2, 0.25) is 0 Å². The third-order valence-corrected chi connectivity index (χ3v) is 3.32. The van der Waals surface area contributed by atoms with E-state index in [4.69, 9.17) is 40.1 Å². The van der Waals surface area contributed by atoms with Gasteiger partial charge in [0.1, 0.15) is 5.15 Å². The van der Waals surface area contributed by atoms with Gasteiger partial charge in [-0.05, 0) is 24.3 Å². The maximum atomic E-state index is 8.61. The van der Waals surface area contributed by atoms with Gasteiger partial charge in [-0.2, -0.15) is 5.26 Å². The normalized spacial score (nSPS) is 10.1. The summed E-state index contributed by atoms with van der Waals surface area (Å²) in [4.78, 5) is 4.15. The molecule has 1 heterocycles. The van der Waals surface area contributed by atoms with Gasteiger partial charge in [0, 0.05) is 11.1 Å². The molecule has 0 aliphatic rings. The van der Waals surface area contributed by atoms with Crippen LogP contribution < -0.4 is 0 Å². The highest BCUT2D eigenvalue weighted by Gasteiger charge is 2.13. The van der Waals surface area contributed by atoms with E-state index in [1.165, 1.54) is 0 Å². The minimum atomic E-state index is 0.219. The molecule has 0 bridgehead atoms. The molecular weight excluding hydrogens is 291 g/mol. The Morgan fingerprint density at radius 2 is 1.72 bits per heavy atom. The summed E-state index contributed by atoms with van der Waals surface area (Å²) in [6, 6.07) is 10.8. The molecule has 2 aromatic rings. The van der Waals surface area contributed by atoms with Gasteiger partial charge >= 0.3 is 0 Å². The van der Waals surface area contributed by atoms with Crippen LogP contribution in [0.4, 0.5) is 0 Å². The number of aromatic nitrogens is 1. The van der Waals surface area contributed by atoms with Crippen LogP contribution in [0.25, 0.3) is 11.1 Å². The number of hydrogen-bond acceptors (Lipinski definition) is 2. The summed E-state index contributed by atoms with van der Waals surface area (Å²) in [5, 5.41) is 9.93. The van der Waals surface area contributed by atoms with E-state index in [1.54, 1.807) is 30.3 Å². The third kappa shape index (κ3) is 2.59. The Bertz CT molecular complexity index is 612. The average molecular weight is 298 g/mol. The second kappa shape index (κ2) is 5.58. The van der Waals surface area contributed by atoms with Crippen molar-refractivity contribution in [3.63, 3.8) is 0 Å². The summed E-state index contributed by atoms with van der Waals surface area (Å²) in [5.74, 6) is 0. The minimum Gasteiger partial charge on any atom is -0.239 e. The first-order chi connectivity index (χ1) is 8.63. The molecule has 0 unspecified atom stereocenters. The van der Waals surface area contributed by atoms with Crippen molar-refractivity contribution in [2.45, 2.75) is 6.42 Å². The number of rotatable bonds is 2. The Hall–Kier alpha value is -1.27. The summed E-state index contributed by atoms with van der Waals surface area (Å²) >= 11 is 18.3. The van der Waals surface area contributed by atoms with Crippen LogP contribution in [-0.2, 0) is 6.42 Å². The molecule has 1 aromatic heterocycles. The lowest BCUT2D eigenvalue weighted by atomic mass is 10.1. The zero-order valence-corrected chi connectivity index (χ0v) is 11.4. The van der Waals surface area contributed by atoms with Crippen LogP contribution in [0, 0.1) is 11.3 Å². The predicted octanol–water partition coefficient (Wildman–Crippen LogP) is 4.77. The number of pyridine rings is 1. The molecule has 2 rings (SSSR count). The lowest BCUT2D eigenvalue weighted by Gasteiger charge is -2.09. The molecule has 1 aromatic carbocycles. The highest BCUT2D eigenvalue weighted by atomic mass is 35.5. The van der Waals surface area contributed by atoms with Crippen LogP contribution in [0.1, 0.15) is 5.69 Å². The maximum absolute atomic E-state index is 8.61. The molecule has 5 heteroatoms. The van der Waals surface area contributed by atoms with Gasteiger partial charge in [-0.1, -0.05) is 40.9 Å². The number of hydrogen-bond donors (Lipinski definition) is 0. The quantitative estimate of drug-likeness (QED) is 0.748. The van der Waals surface area contributed by atoms with Crippen LogP contribution in [0.2, 0.25) is 15.2 Å². The maximum Gasteiger partial charge on any atom is 0.137 e. The standard InChI is InChI=1S/C13H7Cl3N2/c14-10-2-1-3-11(15)12(10)9-5-4-8(6-7-17)18-13(9)16/h1-5H,6H2. The molecule has 0 spiro atoms. The van der Waals surface area contributed by atoms with Gasteiger partial charge in [0.05, 0.1) is 28.2 Å². The highest BCUT2D eigenvalue weighted by molar-refractivity contribution is 6.40. The van der Waals surface area contributed by atoms with Crippen LogP contribution >= 0.6 is 34.8 Å². The minimum absolute atomic E-state index is 0.219. The summed E-state index contributed by atoms with van der Waals surface area (Å²) in [6.07, 6.45) is 0.219. The van der Waals surface area contributed by atoms with E-state index in [9.17, 15) is 0 Å². The highest BCUT2D eigenvalue weighted by Crippen LogP contribution is 2.37. The Morgan fingerprint density at radius 1 is 1.06 bits per heavy atom. The Balaban J connectivity index is 2.56. The SMILES string of the molecule is N#CCc1ccc(-c2c(Cl)cccc2Cl)c(Cl)n1. The fourth-order valence-corrected chi connectivity index (χ4v) is 2.46. The Morgan fingerprint density at radius 3 is 2.28 bits per heavy atom. The van der Waals surface area contributed by atoms with E-state index in [1.807, 2.05) is 6.07 Å². The first-order valence-corrected chi connectivity index (χ1v) is 6.23. The van der Waals surface area contributed by atoms with Crippen LogP contribution in [0.15, 0.2) is 30.3 Å². The van der Waals surface area contributed by atoms with Crippen LogP contribution in [0.3, 0.4) is 0 Å². The van der Waals surface area contributed by atoms with Gasteiger partial charge in [-0.15, -0.1) is 0 Å². The third-order valence-electron chi connectivity index (χ3n) is 2.40. The fourth-order valence-electron chi connectivity index (χ4n) is 1.59. The van der Waals surface area contributed by atoms with Gasteiger partial charge in [-0.25, -0.2) is 4.98 Å². The van der Waals surface area contributed by atoms with Crippen LogP contribution in [0.5, 0.6) is 0 Å². The first-order valence-electron chi connectivity index (χ1n) is 5.10. The van der Waals surface area contributed by atoms with Crippen molar-refractivity contribution in [3.8, 4) is 17.2 Å². The average Bonchev–Trinajstić information content (AvgIpc) is 2.32. The summed E-state index contributed by atoms with van der Waals surface area (Å²) in [6.45, 7) is 0. The van der Waals surface area contributed by atoms with Gasteiger partial charge in [0.15, 0.2) is 0 Å². The molecular formula is C13H7Cl3N2. The Kier molecular flexibility index (Phi) is 4.08. The molecule has 0 atom stereocenters. The zero-order valence-electron chi connectivity index (χ0n) is 9.12. The van der Waals surface area contributed by atoms with E-state index in [0.717, 1.165) is 0 Å². The largest absolute Gasteiger partial charge is 0.239 e. The predicted molar refractivity (Wildman–Crippen MR) is 74.0 cm³/mol. The topological polar surface area (TPSA) is 36.7 Å². The van der Waals surface area contributed by atoms with E-state index in [0.29, 0.717) is 26.9 Å². The van der Waals surface area contributed by atoms with E-state index < -0.39 is 0 Å². The summed E-state index contributed by atoms with van der Waals surface area (Å²) < 4.78 is 0. The van der Waals surface area contributed by atoms with Crippen molar-refractivity contribution in [1.82, 2.24) is 4.98 Å². The summed E-state index contributed by atoms with van der Waals surface area (Å²) in [5.41, 5.74) is 1.94. The molecule has 0 fully saturated rings. The van der Waals surface area contributed by atoms with Crippen molar-refractivity contribution in [2.75, 3.05) is 0 Å². The molecule has 0 amide bonds. The van der Waals surface area contributed by atoms with Gasteiger partial charge in [-0.3, -0.25) is 0 Å². The van der Waals surface area contributed by atoms with E-state index >= 15 is 0 Å². The van der Waals surface area contributed by atoms with Crippen molar-refractivity contribution < 1.29 is 0 Å². The van der Waals surface area contributed by atoms with Crippen LogP contribution in [-0.4, -0.2) is 4.98 Å². The molecule has 0 N–H and O–H groups in total. The molecule has 90 valence electrons. The molecule has 0 saturated carbocycles. The van der Waals surface area contributed by atoms with Crippen molar-refractivity contribution in [1.29, 1.82) is 5.26 Å². The first kappa shape index (κ1) is 13.2. The smallest absolute Gasteiger partial charge is 0.137 e. The zero-order chi connectivity index (χ0) is 13.1. The number of halogens is 3. The lowest BCUT2D eigenvalue weighted by molar-refractivity contribution is 1.12. The molecule has 18 heavy (non-hydrogen) atoms. The Labute approximate surface area is 120 Å². The molecule has 2 nitrogen and oxygen atoms in total. The molecule has 0 saturated heterocycles. The molecule has 0 aliphatic carbocycles. The molecule has 0 aliphatic heterocycles. The number of nitrogens with zero attached hydrogens (tertiary/aromatic N) is 2. The van der Waals surface area contributed by atoms with Crippen molar-refractivity contribution in [3.05, 3.63) is 51.2 Å². The lowest BCUT2D eigenvalue weighted by Crippen LogP contribution is -1.91. The van der Waals surface area contributed by atoms with Crippen molar-refractivity contribution in [2.24, 2.45) is 0 Å². The second-order valence-electron chi connectivity index (χ2n) is 3.57. The molecule has 0 radical (unpaired) electrons. The van der Waals surface area contributed by atoms with Gasteiger partial charge in [0.25, 0.3) is 0 Å². The van der Waals surface area contributed by atoms with Gasteiger partial charge < -0.3 is 0 Å². The summed E-state index contributed by atoms with van der Waals surface area (Å²) in [7, 11) is 0. The number of benzene rings is 1. The number of nitriles is 1. The fraction of sp³-hybridized carbons (Fsp3) is 0.0769. The monoisotopic (exact) mass is 296 g/mol. The second-order valence-corrected chi connectivity index (χ2v) is 4.74. The van der Waals surface area contributed by atoms with Crippen molar-refractivity contribution >= 4 is 34.8 Å².